The van der Waals surface area contributed by atoms with Gasteiger partial charge in [0.25, 0.3) is 6.71 Å². The highest BCUT2D eigenvalue weighted by molar-refractivity contribution is 6.67. The average Bonchev–Trinajstić information content (AvgIpc) is 2.98. The number of hydrogen-bond acceptors (Lipinski definition) is 4. The number of carbonyl (C=O) groups excluding carboxylic acids is 2. The van der Waals surface area contributed by atoms with Gasteiger partial charge in [-0.1, -0.05) is 31.5 Å². The second-order valence-corrected chi connectivity index (χ2v) is 7.16. The Morgan fingerprint density at radius 1 is 1.31 bits per heavy atom. The van der Waals surface area contributed by atoms with Crippen molar-refractivity contribution in [3.8, 4) is 5.97 Å². The lowest BCUT2D eigenvalue weighted by Crippen LogP contribution is -2.49. The van der Waals surface area contributed by atoms with Crippen LogP contribution in [0.1, 0.15) is 30.7 Å². The molecule has 0 radical (unpaired) electrons. The molecule has 0 aliphatic carbocycles. The first-order valence-electron chi connectivity index (χ1n) is 9.04. The number of aromatic nitrogens is 2. The number of benzene rings is 1. The highest BCUT2D eigenvalue weighted by Crippen LogP contribution is 2.36. The van der Waals surface area contributed by atoms with Crippen LogP contribution in [0.4, 0.5) is 10.6 Å². The van der Waals surface area contributed by atoms with Crippen molar-refractivity contribution in [3.05, 3.63) is 23.8 Å². The molecular weight excluding hydrogens is 329 g/mol. The third-order valence-corrected chi connectivity index (χ3v) is 5.55. The van der Waals surface area contributed by atoms with Gasteiger partial charge < -0.3 is 0 Å². The fourth-order valence-electron chi connectivity index (χ4n) is 4.03. The molecule has 1 N–H and O–H groups in total. The van der Waals surface area contributed by atoms with Crippen LogP contribution < -0.4 is 10.2 Å². The molecule has 132 valence electrons. The normalized spacial score (nSPS) is 18.9. The monoisotopic (exact) mass is 349 g/mol. The van der Waals surface area contributed by atoms with E-state index in [9.17, 15) is 9.59 Å². The lowest BCUT2D eigenvalue weighted by molar-refractivity contribution is -0.120. The van der Waals surface area contributed by atoms with E-state index in [2.05, 4.69) is 28.5 Å². The van der Waals surface area contributed by atoms with E-state index in [1.165, 1.54) is 10.5 Å². The molecule has 2 fully saturated rings. The zero-order valence-electron chi connectivity index (χ0n) is 14.7. The second-order valence-electron chi connectivity index (χ2n) is 7.16. The number of nitrogens with zero attached hydrogens (tertiary/aromatic N) is 4. The minimum absolute atomic E-state index is 0.193. The molecule has 4 rings (SSSR count). The quantitative estimate of drug-likeness (QED) is 0.843. The average molecular weight is 349 g/mol. The molecule has 7 nitrogen and oxygen atoms in total. The summed E-state index contributed by atoms with van der Waals surface area (Å²) in [6.45, 7) is 0.537. The van der Waals surface area contributed by atoms with Gasteiger partial charge in [-0.15, -0.1) is 0 Å². The van der Waals surface area contributed by atoms with Gasteiger partial charge in [0.15, 0.2) is 5.82 Å². The van der Waals surface area contributed by atoms with Crippen LogP contribution in [-0.4, -0.2) is 35.0 Å². The molecule has 26 heavy (non-hydrogen) atoms. The first-order chi connectivity index (χ1) is 12.6. The van der Waals surface area contributed by atoms with E-state index in [-0.39, 0.29) is 19.0 Å². The van der Waals surface area contributed by atoms with Crippen LogP contribution >= 0.6 is 0 Å². The Bertz CT molecular complexity index is 924. The van der Waals surface area contributed by atoms with E-state index >= 15 is 0 Å². The van der Waals surface area contributed by atoms with Crippen LogP contribution in [0, 0.1) is 11.2 Å². The topological polar surface area (TPSA) is 91.0 Å². The number of fused-ring (bicyclic) bond motifs is 1. The van der Waals surface area contributed by atoms with Gasteiger partial charge in [0.1, 0.15) is 0 Å². The molecular formula is C18H20BN5O2. The molecule has 0 unspecified atom stereocenters. The minimum atomic E-state index is -0.417. The fraction of sp³-hybridized carbons (Fsp3) is 0.444. The predicted molar refractivity (Wildman–Crippen MR) is 99.2 cm³/mol. The van der Waals surface area contributed by atoms with Crippen LogP contribution in [-0.2, 0) is 11.8 Å². The van der Waals surface area contributed by atoms with Gasteiger partial charge in [-0.3, -0.25) is 19.7 Å². The van der Waals surface area contributed by atoms with Crippen LogP contribution in [0.5, 0.6) is 0 Å². The summed E-state index contributed by atoms with van der Waals surface area (Å²) in [7, 11) is 1.87. The first kappa shape index (κ1) is 16.6. The van der Waals surface area contributed by atoms with Crippen molar-refractivity contribution in [2.45, 2.75) is 37.8 Å². The molecule has 0 spiro atoms. The number of imide groups is 1. The Morgan fingerprint density at radius 3 is 2.77 bits per heavy atom. The van der Waals surface area contributed by atoms with Gasteiger partial charge in [0.2, 0.25) is 5.91 Å². The summed E-state index contributed by atoms with van der Waals surface area (Å²) in [6, 6.07) is 5.86. The third-order valence-electron chi connectivity index (χ3n) is 5.55. The van der Waals surface area contributed by atoms with Gasteiger partial charge in [-0.25, -0.2) is 10.1 Å². The van der Waals surface area contributed by atoms with E-state index in [1.54, 1.807) is 4.68 Å². The number of hydrogen-bond donors (Lipinski definition) is 1. The van der Waals surface area contributed by atoms with Crippen molar-refractivity contribution < 1.29 is 9.59 Å². The van der Waals surface area contributed by atoms with E-state index in [1.807, 2.05) is 13.1 Å². The maximum absolute atomic E-state index is 12.1. The molecule has 2 aliphatic rings. The number of aryl methyl sites for hydroxylation is 1. The Hall–Kier alpha value is -2.82. The molecule has 0 saturated carbocycles. The zero-order valence-corrected chi connectivity index (χ0v) is 14.7. The van der Waals surface area contributed by atoms with Crippen LogP contribution in [0.2, 0.25) is 12.6 Å². The van der Waals surface area contributed by atoms with E-state index in [4.69, 9.17) is 5.26 Å². The van der Waals surface area contributed by atoms with Gasteiger partial charge in [-0.2, -0.15) is 5.10 Å². The molecule has 3 amide bonds. The summed E-state index contributed by atoms with van der Waals surface area (Å²) in [4.78, 5) is 25.1. The molecule has 8 heteroatoms. The number of amides is 3. The van der Waals surface area contributed by atoms with Crippen LogP contribution in [0.3, 0.4) is 0 Å². The highest BCUT2D eigenvalue weighted by Gasteiger charge is 2.29. The van der Waals surface area contributed by atoms with Crippen molar-refractivity contribution in [3.63, 3.8) is 0 Å². The predicted octanol–water partition coefficient (Wildman–Crippen LogP) is 2.45. The van der Waals surface area contributed by atoms with E-state index in [0.717, 1.165) is 36.4 Å². The third kappa shape index (κ3) is 2.83. The van der Waals surface area contributed by atoms with Crippen molar-refractivity contribution in [1.29, 1.82) is 5.26 Å². The van der Waals surface area contributed by atoms with Gasteiger partial charge in [0, 0.05) is 31.4 Å². The number of anilines is 1. The van der Waals surface area contributed by atoms with Crippen LogP contribution in [0.15, 0.2) is 18.2 Å². The number of nitriles is 1. The zero-order chi connectivity index (χ0) is 18.3. The summed E-state index contributed by atoms with van der Waals surface area (Å²) in [5, 5.41) is 16.9. The number of carbonyl (C=O) groups is 2. The van der Waals surface area contributed by atoms with Crippen molar-refractivity contribution in [2.24, 2.45) is 7.05 Å². The minimum Gasteiger partial charge on any atom is -0.278 e. The lowest BCUT2D eigenvalue weighted by Gasteiger charge is -2.25. The maximum Gasteiger partial charge on any atom is 0.329 e. The molecule has 2 saturated heterocycles. The highest BCUT2D eigenvalue weighted by atomic mass is 16.2. The first-order valence-corrected chi connectivity index (χ1v) is 9.04. The molecule has 2 aliphatic heterocycles. The molecule has 1 aromatic heterocycles. The van der Waals surface area contributed by atoms with Gasteiger partial charge in [-0.05, 0) is 23.6 Å². The Balaban J connectivity index is 1.64. The summed E-state index contributed by atoms with van der Waals surface area (Å²) < 4.78 is 1.79. The number of urea groups is 1. The summed E-state index contributed by atoms with van der Waals surface area (Å²) in [5.41, 5.74) is 2.24. The molecule has 1 aromatic carbocycles. The Morgan fingerprint density at radius 2 is 2.08 bits per heavy atom. The maximum atomic E-state index is 12.1. The summed E-state index contributed by atoms with van der Waals surface area (Å²) >= 11 is 0. The largest absolute Gasteiger partial charge is 0.329 e. The van der Waals surface area contributed by atoms with Gasteiger partial charge in [0.05, 0.1) is 5.52 Å². The van der Waals surface area contributed by atoms with Crippen LogP contribution in [0.25, 0.3) is 10.9 Å². The molecule has 3 heterocycles. The van der Waals surface area contributed by atoms with Crippen molar-refractivity contribution in [1.82, 2.24) is 15.1 Å². The van der Waals surface area contributed by atoms with Gasteiger partial charge >= 0.3 is 6.03 Å². The fourth-order valence-corrected chi connectivity index (χ4v) is 4.03. The standard InChI is InChI=1S/C18H20BN5O2/c1-23-15-10-13(12-4-7-19(11-20)8-5-12)2-3-14(15)17(22-23)24-9-6-16(25)21-18(24)26/h2-3,10,12H,4-9H2,1H3,(H,21,25,26). The lowest BCUT2D eigenvalue weighted by atomic mass is 9.41. The van der Waals surface area contributed by atoms with Crippen molar-refractivity contribution in [2.75, 3.05) is 11.4 Å². The molecule has 0 atom stereocenters. The smallest absolute Gasteiger partial charge is 0.278 e. The SMILES string of the molecule is Cn1nc(N2CCC(=O)NC2=O)c2ccc(C3CCB(C#N)CC3)cc21. The summed E-state index contributed by atoms with van der Waals surface area (Å²) in [5.74, 6) is 3.19. The number of rotatable bonds is 2. The molecule has 0 bridgehead atoms. The Labute approximate surface area is 152 Å². The Kier molecular flexibility index (Phi) is 4.15. The van der Waals surface area contributed by atoms with Crippen molar-refractivity contribution >= 4 is 35.4 Å². The van der Waals surface area contributed by atoms with E-state index in [0.29, 0.717) is 18.3 Å². The molecule has 2 aromatic rings. The van der Waals surface area contributed by atoms with E-state index < -0.39 is 6.03 Å². The summed E-state index contributed by atoms with van der Waals surface area (Å²) in [6.07, 6.45) is 4.26. The number of nitrogens with one attached hydrogen (secondary N) is 1. The second kappa shape index (κ2) is 6.48.